The Morgan fingerprint density at radius 3 is 2.04 bits per heavy atom. The van der Waals surface area contributed by atoms with Crippen molar-refractivity contribution in [3.8, 4) is 6.07 Å². The summed E-state index contributed by atoms with van der Waals surface area (Å²) in [6.07, 6.45) is 8.53. The lowest BCUT2D eigenvalue weighted by Crippen LogP contribution is -1.84. The van der Waals surface area contributed by atoms with Crippen LogP contribution in [-0.4, -0.2) is 0 Å². The Morgan fingerprint density at radius 1 is 1.00 bits per heavy atom. The summed E-state index contributed by atoms with van der Waals surface area (Å²) in [5.41, 5.74) is 6.88. The molecule has 0 radical (unpaired) electrons. The molecule has 2 aromatic carbocycles. The number of nitroso groups, excluding NO2 is 1. The van der Waals surface area contributed by atoms with Crippen molar-refractivity contribution in [2.45, 2.75) is 20.3 Å². The highest BCUT2D eigenvalue weighted by atomic mass is 16.3. The molecular formula is C24H22N2O. The van der Waals surface area contributed by atoms with Crippen molar-refractivity contribution in [3.05, 3.63) is 106 Å². The molecule has 0 aliphatic carbocycles. The van der Waals surface area contributed by atoms with Crippen molar-refractivity contribution in [3.63, 3.8) is 0 Å². The third-order valence-corrected chi connectivity index (χ3v) is 4.17. The van der Waals surface area contributed by atoms with Gasteiger partial charge in [-0.05, 0) is 65.9 Å². The number of allylic oxidation sites excluding steroid dienone is 4. The molecule has 0 atom stereocenters. The second-order valence-electron chi connectivity index (χ2n) is 6.48. The summed E-state index contributed by atoms with van der Waals surface area (Å²) < 4.78 is 0. The molecule has 0 fully saturated rings. The van der Waals surface area contributed by atoms with Gasteiger partial charge in [-0.2, -0.15) is 5.26 Å². The van der Waals surface area contributed by atoms with E-state index in [2.05, 4.69) is 24.4 Å². The zero-order valence-corrected chi connectivity index (χ0v) is 15.7. The first-order valence-corrected chi connectivity index (χ1v) is 8.59. The number of nitriles is 1. The third-order valence-electron chi connectivity index (χ3n) is 4.17. The maximum absolute atomic E-state index is 10.6. The van der Waals surface area contributed by atoms with E-state index in [-0.39, 0.29) is 0 Å². The number of hydrogen-bond acceptors (Lipinski definition) is 3. The van der Waals surface area contributed by atoms with E-state index in [0.29, 0.717) is 17.7 Å². The molecule has 0 aromatic heterocycles. The number of rotatable bonds is 7. The zero-order valence-electron chi connectivity index (χ0n) is 15.7. The van der Waals surface area contributed by atoms with Crippen LogP contribution in [0.25, 0.3) is 12.2 Å². The first-order valence-electron chi connectivity index (χ1n) is 8.59. The van der Waals surface area contributed by atoms with Gasteiger partial charge in [0.15, 0.2) is 0 Å². The van der Waals surface area contributed by atoms with Gasteiger partial charge < -0.3 is 0 Å². The van der Waals surface area contributed by atoms with Crippen LogP contribution in [0.2, 0.25) is 0 Å². The van der Waals surface area contributed by atoms with Crippen LogP contribution < -0.4 is 0 Å². The molecule has 0 heterocycles. The normalized spacial score (nSPS) is 10.9. The Morgan fingerprint density at radius 2 is 1.56 bits per heavy atom. The van der Waals surface area contributed by atoms with Gasteiger partial charge in [-0.3, -0.25) is 0 Å². The fourth-order valence-corrected chi connectivity index (χ4v) is 2.64. The largest absolute Gasteiger partial charge is 0.192 e. The Kier molecular flexibility index (Phi) is 6.79. The highest BCUT2D eigenvalue weighted by Gasteiger charge is 1.99. The van der Waals surface area contributed by atoms with E-state index < -0.39 is 0 Å². The van der Waals surface area contributed by atoms with E-state index >= 15 is 0 Å². The first-order chi connectivity index (χ1) is 12.9. The smallest absolute Gasteiger partial charge is 0.110 e. The van der Waals surface area contributed by atoms with E-state index in [1.807, 2.05) is 68.5 Å². The van der Waals surface area contributed by atoms with Crippen LogP contribution in [0, 0.1) is 30.1 Å². The SMILES string of the molecule is C=C(/C=C/c1ccc(C#N)c(C)c1)CC(=C)/C=C/c1ccc(N=O)c(C)c1. The predicted octanol–water partition coefficient (Wildman–Crippen LogP) is 6.80. The van der Waals surface area contributed by atoms with Gasteiger partial charge in [0.1, 0.15) is 5.69 Å². The van der Waals surface area contributed by atoms with Gasteiger partial charge in [-0.25, -0.2) is 0 Å². The molecule has 0 N–H and O–H groups in total. The Labute approximate surface area is 160 Å². The topological polar surface area (TPSA) is 53.2 Å². The second kappa shape index (κ2) is 9.26. The van der Waals surface area contributed by atoms with Crippen molar-refractivity contribution >= 4 is 17.8 Å². The van der Waals surface area contributed by atoms with Gasteiger partial charge in [0.05, 0.1) is 11.6 Å². The third kappa shape index (κ3) is 5.76. The quantitative estimate of drug-likeness (QED) is 0.405. The van der Waals surface area contributed by atoms with Gasteiger partial charge in [0, 0.05) is 0 Å². The molecule has 0 aliphatic heterocycles. The van der Waals surface area contributed by atoms with Gasteiger partial charge >= 0.3 is 0 Å². The molecule has 0 unspecified atom stereocenters. The lowest BCUT2D eigenvalue weighted by Gasteiger charge is -2.03. The summed E-state index contributed by atoms with van der Waals surface area (Å²) in [5, 5.41) is 12.0. The zero-order chi connectivity index (χ0) is 19.8. The van der Waals surface area contributed by atoms with Crippen molar-refractivity contribution < 1.29 is 0 Å². The molecule has 27 heavy (non-hydrogen) atoms. The molecule has 2 rings (SSSR count). The number of aryl methyl sites for hydroxylation is 2. The van der Waals surface area contributed by atoms with Gasteiger partial charge in [0.25, 0.3) is 0 Å². The van der Waals surface area contributed by atoms with Crippen LogP contribution in [0.1, 0.15) is 34.2 Å². The molecule has 0 saturated carbocycles. The van der Waals surface area contributed by atoms with E-state index in [1.54, 1.807) is 6.07 Å². The van der Waals surface area contributed by atoms with Crippen LogP contribution in [0.3, 0.4) is 0 Å². The van der Waals surface area contributed by atoms with Crippen LogP contribution in [0.4, 0.5) is 5.69 Å². The Bertz CT molecular complexity index is 988. The minimum absolute atomic E-state index is 0.461. The van der Waals surface area contributed by atoms with Crippen molar-refractivity contribution in [2.24, 2.45) is 5.18 Å². The summed E-state index contributed by atoms with van der Waals surface area (Å²) in [4.78, 5) is 10.6. The lowest BCUT2D eigenvalue weighted by atomic mass is 10.0. The molecule has 0 amide bonds. The van der Waals surface area contributed by atoms with Gasteiger partial charge in [-0.1, -0.05) is 66.8 Å². The van der Waals surface area contributed by atoms with Gasteiger partial charge in [-0.15, -0.1) is 4.91 Å². The first kappa shape index (κ1) is 19.8. The standard InChI is InChI=1S/C24H22N2O/c1-17(5-7-21-9-11-23(16-25)19(3)14-21)13-18(2)6-8-22-10-12-24(26-27)20(4)15-22/h5-12,14-15H,1-2,13H2,3-4H3/b7-5+,8-6+. The summed E-state index contributed by atoms with van der Waals surface area (Å²) >= 11 is 0. The highest BCUT2D eigenvalue weighted by molar-refractivity contribution is 5.60. The van der Waals surface area contributed by atoms with Crippen molar-refractivity contribution in [1.29, 1.82) is 5.26 Å². The van der Waals surface area contributed by atoms with Crippen LogP contribution in [0.5, 0.6) is 0 Å². The van der Waals surface area contributed by atoms with Gasteiger partial charge in [0.2, 0.25) is 0 Å². The van der Waals surface area contributed by atoms with Crippen molar-refractivity contribution in [2.75, 3.05) is 0 Å². The predicted molar refractivity (Wildman–Crippen MR) is 113 cm³/mol. The van der Waals surface area contributed by atoms with Crippen LogP contribution in [-0.2, 0) is 0 Å². The minimum Gasteiger partial charge on any atom is -0.192 e. The summed E-state index contributed by atoms with van der Waals surface area (Å²) in [6.45, 7) is 11.9. The summed E-state index contributed by atoms with van der Waals surface area (Å²) in [5.74, 6) is 0. The molecule has 0 saturated heterocycles. The molecular weight excluding hydrogens is 332 g/mol. The number of benzene rings is 2. The molecule has 3 heteroatoms. The molecule has 2 aromatic rings. The minimum atomic E-state index is 0.461. The molecule has 0 spiro atoms. The summed E-state index contributed by atoms with van der Waals surface area (Å²) in [6, 6.07) is 13.4. The molecule has 3 nitrogen and oxygen atoms in total. The Hall–Kier alpha value is -3.51. The average Bonchev–Trinajstić information content (AvgIpc) is 2.65. The monoisotopic (exact) mass is 354 g/mol. The molecule has 0 bridgehead atoms. The lowest BCUT2D eigenvalue weighted by molar-refractivity contribution is 1.23. The van der Waals surface area contributed by atoms with E-state index in [9.17, 15) is 4.91 Å². The fraction of sp³-hybridized carbons (Fsp3) is 0.125. The van der Waals surface area contributed by atoms with E-state index in [0.717, 1.165) is 33.4 Å². The van der Waals surface area contributed by atoms with Crippen molar-refractivity contribution in [1.82, 2.24) is 0 Å². The van der Waals surface area contributed by atoms with E-state index in [4.69, 9.17) is 5.26 Å². The maximum Gasteiger partial charge on any atom is 0.110 e. The Balaban J connectivity index is 1.96. The second-order valence-corrected chi connectivity index (χ2v) is 6.48. The highest BCUT2D eigenvalue weighted by Crippen LogP contribution is 2.21. The summed E-state index contributed by atoms with van der Waals surface area (Å²) in [7, 11) is 0. The maximum atomic E-state index is 10.6. The fourth-order valence-electron chi connectivity index (χ4n) is 2.64. The number of nitrogens with zero attached hydrogens (tertiary/aromatic N) is 2. The molecule has 0 aliphatic rings. The van der Waals surface area contributed by atoms with Crippen LogP contribution in [0.15, 0.2) is 78.0 Å². The molecule has 134 valence electrons. The van der Waals surface area contributed by atoms with E-state index in [1.165, 1.54) is 0 Å². The number of hydrogen-bond donors (Lipinski definition) is 0. The van der Waals surface area contributed by atoms with Crippen LogP contribution >= 0.6 is 0 Å². The average molecular weight is 354 g/mol.